The molecule has 0 radical (unpaired) electrons. The van der Waals surface area contributed by atoms with Gasteiger partial charge in [0.2, 0.25) is 0 Å². The molecule has 3 rings (SSSR count). The van der Waals surface area contributed by atoms with Crippen molar-refractivity contribution in [3.63, 3.8) is 0 Å². The molecule has 1 aromatic heterocycles. The number of aliphatic hydroxyl groups excluding tert-OH is 1. The lowest BCUT2D eigenvalue weighted by molar-refractivity contribution is 0.0837. The Hall–Kier alpha value is -0.950. The van der Waals surface area contributed by atoms with Gasteiger partial charge >= 0.3 is 0 Å². The van der Waals surface area contributed by atoms with Crippen LogP contribution in [0.15, 0.2) is 6.20 Å². The average molecular weight is 322 g/mol. The largest absolute Gasteiger partial charge is 0.389 e. The Bertz CT molecular complexity index is 505. The van der Waals surface area contributed by atoms with Crippen LogP contribution in [-0.2, 0) is 17.8 Å². The summed E-state index contributed by atoms with van der Waals surface area (Å²) < 4.78 is 7.53. The Balaban J connectivity index is 1.56. The number of aliphatic hydroxyl groups is 1. The van der Waals surface area contributed by atoms with Crippen molar-refractivity contribution in [2.75, 3.05) is 39.4 Å². The molecule has 0 aliphatic carbocycles. The first-order chi connectivity index (χ1) is 11.2. The fraction of sp³-hybridized carbons (Fsp3) is 0.824. The van der Waals surface area contributed by atoms with Crippen molar-refractivity contribution in [1.82, 2.24) is 19.6 Å². The van der Waals surface area contributed by atoms with Crippen LogP contribution in [0, 0.1) is 6.92 Å². The van der Waals surface area contributed by atoms with Crippen LogP contribution in [0.2, 0.25) is 0 Å². The summed E-state index contributed by atoms with van der Waals surface area (Å²) in [6.45, 7) is 11.7. The predicted molar refractivity (Wildman–Crippen MR) is 89.3 cm³/mol. The monoisotopic (exact) mass is 322 g/mol. The van der Waals surface area contributed by atoms with E-state index in [0.717, 1.165) is 52.1 Å². The minimum absolute atomic E-state index is 0.184. The first-order valence-electron chi connectivity index (χ1n) is 8.92. The molecule has 6 heteroatoms. The molecular formula is C17H30N4O2. The van der Waals surface area contributed by atoms with E-state index in [1.165, 1.54) is 11.3 Å². The highest BCUT2D eigenvalue weighted by molar-refractivity contribution is 5.16. The zero-order valence-corrected chi connectivity index (χ0v) is 14.4. The van der Waals surface area contributed by atoms with Crippen molar-refractivity contribution in [2.45, 2.75) is 51.9 Å². The summed E-state index contributed by atoms with van der Waals surface area (Å²) in [5, 5.41) is 14.5. The minimum Gasteiger partial charge on any atom is -0.389 e. The molecule has 2 atom stereocenters. The molecule has 0 aromatic carbocycles. The number of ether oxygens (including phenoxy) is 1. The Morgan fingerprint density at radius 3 is 2.87 bits per heavy atom. The molecule has 2 fully saturated rings. The molecule has 0 saturated carbocycles. The molecule has 0 amide bonds. The van der Waals surface area contributed by atoms with Gasteiger partial charge in [0.25, 0.3) is 0 Å². The maximum Gasteiger partial charge on any atom is 0.0950 e. The summed E-state index contributed by atoms with van der Waals surface area (Å²) in [5.74, 6) is 0. The highest BCUT2D eigenvalue weighted by Crippen LogP contribution is 2.18. The molecule has 1 N–H and O–H groups in total. The van der Waals surface area contributed by atoms with Crippen LogP contribution in [0.3, 0.4) is 0 Å². The first-order valence-corrected chi connectivity index (χ1v) is 8.92. The lowest BCUT2D eigenvalue weighted by Crippen LogP contribution is -2.44. The van der Waals surface area contributed by atoms with Gasteiger partial charge in [0, 0.05) is 37.4 Å². The van der Waals surface area contributed by atoms with E-state index in [0.29, 0.717) is 13.2 Å². The van der Waals surface area contributed by atoms with Gasteiger partial charge in [-0.05, 0) is 32.9 Å². The van der Waals surface area contributed by atoms with E-state index >= 15 is 0 Å². The molecule has 2 saturated heterocycles. The van der Waals surface area contributed by atoms with Gasteiger partial charge in [-0.15, -0.1) is 0 Å². The standard InChI is InChI=1S/C17H30N4O2/c1-3-5-21-14(2)15(10-18-21)11-19-6-4-7-20(9-8-19)16-12-23-13-17(16)22/h10,16-17,22H,3-9,11-13H2,1-2H3/t16-,17-/m1/s1. The topological polar surface area (TPSA) is 53.8 Å². The fourth-order valence-electron chi connectivity index (χ4n) is 3.68. The molecule has 23 heavy (non-hydrogen) atoms. The maximum absolute atomic E-state index is 10.0. The van der Waals surface area contributed by atoms with E-state index in [1.54, 1.807) is 0 Å². The van der Waals surface area contributed by atoms with Crippen LogP contribution >= 0.6 is 0 Å². The molecule has 1 aromatic rings. The minimum atomic E-state index is -0.323. The van der Waals surface area contributed by atoms with Crippen molar-refractivity contribution in [3.8, 4) is 0 Å². The van der Waals surface area contributed by atoms with Crippen LogP contribution in [0.4, 0.5) is 0 Å². The Kier molecular flexibility index (Phi) is 5.69. The summed E-state index contributed by atoms with van der Waals surface area (Å²) in [6.07, 6.45) is 3.97. The van der Waals surface area contributed by atoms with Crippen molar-refractivity contribution < 1.29 is 9.84 Å². The number of aromatic nitrogens is 2. The maximum atomic E-state index is 10.0. The molecule has 6 nitrogen and oxygen atoms in total. The van der Waals surface area contributed by atoms with Gasteiger partial charge in [-0.2, -0.15) is 5.10 Å². The van der Waals surface area contributed by atoms with Crippen molar-refractivity contribution >= 4 is 0 Å². The molecule has 0 unspecified atom stereocenters. The first kappa shape index (κ1) is 16.9. The van der Waals surface area contributed by atoms with Crippen LogP contribution < -0.4 is 0 Å². The van der Waals surface area contributed by atoms with Gasteiger partial charge in [-0.1, -0.05) is 6.92 Å². The molecule has 0 bridgehead atoms. The zero-order valence-electron chi connectivity index (χ0n) is 14.4. The second-order valence-electron chi connectivity index (χ2n) is 6.82. The highest BCUT2D eigenvalue weighted by Gasteiger charge is 2.32. The second-order valence-corrected chi connectivity index (χ2v) is 6.82. The van der Waals surface area contributed by atoms with Crippen molar-refractivity contribution in [3.05, 3.63) is 17.5 Å². The van der Waals surface area contributed by atoms with Gasteiger partial charge in [0.05, 0.1) is 31.6 Å². The van der Waals surface area contributed by atoms with Gasteiger partial charge < -0.3 is 9.84 Å². The molecule has 3 heterocycles. The van der Waals surface area contributed by atoms with Gasteiger partial charge in [-0.3, -0.25) is 14.5 Å². The second kappa shape index (κ2) is 7.75. The van der Waals surface area contributed by atoms with Crippen LogP contribution in [-0.4, -0.2) is 76.2 Å². The van der Waals surface area contributed by atoms with E-state index < -0.39 is 0 Å². The van der Waals surface area contributed by atoms with Gasteiger partial charge in [0.1, 0.15) is 0 Å². The van der Waals surface area contributed by atoms with E-state index in [9.17, 15) is 5.11 Å². The van der Waals surface area contributed by atoms with E-state index in [-0.39, 0.29) is 12.1 Å². The Morgan fingerprint density at radius 2 is 2.13 bits per heavy atom. The van der Waals surface area contributed by atoms with E-state index in [4.69, 9.17) is 4.74 Å². The fourth-order valence-corrected chi connectivity index (χ4v) is 3.68. The number of aryl methyl sites for hydroxylation is 1. The normalized spacial score (nSPS) is 27.4. The Labute approximate surface area is 139 Å². The molecule has 2 aliphatic heterocycles. The predicted octanol–water partition coefficient (Wildman–Crippen LogP) is 0.869. The number of rotatable bonds is 5. The lowest BCUT2D eigenvalue weighted by Gasteiger charge is -2.28. The zero-order chi connectivity index (χ0) is 16.2. The quantitative estimate of drug-likeness (QED) is 0.872. The molecule has 130 valence electrons. The smallest absolute Gasteiger partial charge is 0.0950 e. The number of nitrogens with zero attached hydrogens (tertiary/aromatic N) is 4. The van der Waals surface area contributed by atoms with Gasteiger partial charge in [0.15, 0.2) is 0 Å². The third-order valence-corrected chi connectivity index (χ3v) is 5.15. The van der Waals surface area contributed by atoms with Crippen LogP contribution in [0.5, 0.6) is 0 Å². The summed E-state index contributed by atoms with van der Waals surface area (Å²) in [4.78, 5) is 4.92. The number of hydrogen-bond donors (Lipinski definition) is 1. The third kappa shape index (κ3) is 3.94. The summed E-state index contributed by atoms with van der Waals surface area (Å²) in [6, 6.07) is 0.184. The molecule has 2 aliphatic rings. The summed E-state index contributed by atoms with van der Waals surface area (Å²) in [7, 11) is 0. The third-order valence-electron chi connectivity index (χ3n) is 5.15. The highest BCUT2D eigenvalue weighted by atomic mass is 16.5. The van der Waals surface area contributed by atoms with E-state index in [2.05, 4.69) is 33.4 Å². The van der Waals surface area contributed by atoms with Crippen molar-refractivity contribution in [2.24, 2.45) is 0 Å². The Morgan fingerprint density at radius 1 is 1.26 bits per heavy atom. The summed E-state index contributed by atoms with van der Waals surface area (Å²) >= 11 is 0. The van der Waals surface area contributed by atoms with Crippen LogP contribution in [0.25, 0.3) is 0 Å². The lowest BCUT2D eigenvalue weighted by atomic mass is 10.2. The van der Waals surface area contributed by atoms with E-state index in [1.807, 2.05) is 6.20 Å². The van der Waals surface area contributed by atoms with Gasteiger partial charge in [-0.25, -0.2) is 0 Å². The summed E-state index contributed by atoms with van der Waals surface area (Å²) in [5.41, 5.74) is 2.64. The van der Waals surface area contributed by atoms with Crippen LogP contribution in [0.1, 0.15) is 31.0 Å². The van der Waals surface area contributed by atoms with Crippen molar-refractivity contribution in [1.29, 1.82) is 0 Å². The SMILES string of the molecule is CCCn1ncc(CN2CCCN([C@@H]3COC[C@H]3O)CC2)c1C. The molecular weight excluding hydrogens is 292 g/mol. The number of hydrogen-bond acceptors (Lipinski definition) is 5. The molecule has 0 spiro atoms. The average Bonchev–Trinajstić information content (AvgIpc) is 3.02.